The third-order valence-corrected chi connectivity index (χ3v) is 4.43. The third-order valence-electron chi connectivity index (χ3n) is 3.61. The van der Waals surface area contributed by atoms with E-state index in [1.165, 1.54) is 6.26 Å². The Morgan fingerprint density at radius 3 is 2.48 bits per heavy atom. The van der Waals surface area contributed by atoms with Crippen LogP contribution in [0.15, 0.2) is 52.5 Å². The molecule has 0 aliphatic carbocycles. The molecule has 0 bridgehead atoms. The van der Waals surface area contributed by atoms with Gasteiger partial charge in [-0.25, -0.2) is 4.98 Å². The lowest BCUT2D eigenvalue weighted by molar-refractivity contribution is 0.0910. The van der Waals surface area contributed by atoms with Crippen molar-refractivity contribution in [2.45, 2.75) is 13.5 Å². The molecule has 2 amide bonds. The van der Waals surface area contributed by atoms with Crippen molar-refractivity contribution in [3.63, 3.8) is 0 Å². The van der Waals surface area contributed by atoms with Gasteiger partial charge < -0.3 is 19.8 Å². The van der Waals surface area contributed by atoms with Gasteiger partial charge in [-0.15, -0.1) is 11.3 Å². The molecular formula is C19H19N3O4S. The summed E-state index contributed by atoms with van der Waals surface area (Å²) in [6, 6.07) is 10.1. The van der Waals surface area contributed by atoms with Crippen LogP contribution in [-0.2, 0) is 6.61 Å². The van der Waals surface area contributed by atoms with E-state index in [1.807, 2.05) is 12.3 Å². The van der Waals surface area contributed by atoms with Crippen LogP contribution in [0.5, 0.6) is 5.75 Å². The second kappa shape index (κ2) is 9.00. The van der Waals surface area contributed by atoms with Crippen LogP contribution in [-0.4, -0.2) is 29.9 Å². The molecule has 3 rings (SSSR count). The van der Waals surface area contributed by atoms with Crippen molar-refractivity contribution in [2.24, 2.45) is 0 Å². The van der Waals surface area contributed by atoms with Crippen LogP contribution in [0.4, 0.5) is 0 Å². The maximum absolute atomic E-state index is 12.1. The number of nitrogens with zero attached hydrogens (tertiary/aromatic N) is 1. The summed E-state index contributed by atoms with van der Waals surface area (Å²) in [5, 5.41) is 8.37. The number of ether oxygens (including phenoxy) is 1. The molecule has 2 heterocycles. The highest BCUT2D eigenvalue weighted by atomic mass is 32.1. The van der Waals surface area contributed by atoms with Gasteiger partial charge in [0.25, 0.3) is 11.8 Å². The Morgan fingerprint density at radius 1 is 1.11 bits per heavy atom. The van der Waals surface area contributed by atoms with Crippen LogP contribution in [0.2, 0.25) is 0 Å². The SMILES string of the molecule is Cc1nc(COc2ccc(C(=O)NCCNC(=O)c3ccco3)cc2)cs1. The van der Waals surface area contributed by atoms with E-state index in [0.29, 0.717) is 31.0 Å². The van der Waals surface area contributed by atoms with Gasteiger partial charge in [-0.3, -0.25) is 9.59 Å². The molecule has 2 aromatic heterocycles. The van der Waals surface area contributed by atoms with Crippen LogP contribution in [0.3, 0.4) is 0 Å². The van der Waals surface area contributed by atoms with Gasteiger partial charge in [0.1, 0.15) is 12.4 Å². The van der Waals surface area contributed by atoms with Crippen LogP contribution in [0.25, 0.3) is 0 Å². The van der Waals surface area contributed by atoms with E-state index in [9.17, 15) is 9.59 Å². The van der Waals surface area contributed by atoms with Crippen LogP contribution in [0, 0.1) is 6.92 Å². The van der Waals surface area contributed by atoms with E-state index in [0.717, 1.165) is 10.7 Å². The summed E-state index contributed by atoms with van der Waals surface area (Å²) in [7, 11) is 0. The first-order valence-corrected chi connectivity index (χ1v) is 9.23. The van der Waals surface area contributed by atoms with Crippen molar-refractivity contribution >= 4 is 23.2 Å². The molecule has 8 heteroatoms. The Kier molecular flexibility index (Phi) is 6.22. The minimum atomic E-state index is -0.314. The summed E-state index contributed by atoms with van der Waals surface area (Å²) in [5.74, 6) is 0.377. The van der Waals surface area contributed by atoms with Crippen molar-refractivity contribution in [3.8, 4) is 5.75 Å². The monoisotopic (exact) mass is 385 g/mol. The smallest absolute Gasteiger partial charge is 0.287 e. The highest BCUT2D eigenvalue weighted by molar-refractivity contribution is 7.09. The largest absolute Gasteiger partial charge is 0.487 e. The molecule has 3 aromatic rings. The Morgan fingerprint density at radius 2 is 1.85 bits per heavy atom. The number of furan rings is 1. The second-order valence-electron chi connectivity index (χ2n) is 5.66. The Bertz CT molecular complexity index is 888. The number of hydrogen-bond donors (Lipinski definition) is 2. The first kappa shape index (κ1) is 18.7. The topological polar surface area (TPSA) is 93.5 Å². The van der Waals surface area contributed by atoms with Crippen molar-refractivity contribution in [2.75, 3.05) is 13.1 Å². The zero-order valence-corrected chi connectivity index (χ0v) is 15.5. The lowest BCUT2D eigenvalue weighted by Crippen LogP contribution is -2.34. The van der Waals surface area contributed by atoms with Crippen molar-refractivity contribution < 1.29 is 18.7 Å². The van der Waals surface area contributed by atoms with E-state index in [2.05, 4.69) is 15.6 Å². The molecule has 140 valence electrons. The Balaban J connectivity index is 1.40. The van der Waals surface area contributed by atoms with Gasteiger partial charge >= 0.3 is 0 Å². The number of aromatic nitrogens is 1. The molecule has 0 saturated heterocycles. The van der Waals surface area contributed by atoms with Gasteiger partial charge in [0, 0.05) is 24.0 Å². The molecule has 0 fully saturated rings. The molecule has 27 heavy (non-hydrogen) atoms. The molecular weight excluding hydrogens is 366 g/mol. The van der Waals surface area contributed by atoms with Crippen LogP contribution < -0.4 is 15.4 Å². The fourth-order valence-electron chi connectivity index (χ4n) is 2.28. The maximum Gasteiger partial charge on any atom is 0.287 e. The molecule has 0 saturated carbocycles. The predicted octanol–water partition coefficient (Wildman–Crippen LogP) is 2.78. The highest BCUT2D eigenvalue weighted by Crippen LogP contribution is 2.15. The summed E-state index contributed by atoms with van der Waals surface area (Å²) < 4.78 is 10.6. The van der Waals surface area contributed by atoms with Crippen molar-refractivity contribution in [3.05, 3.63) is 70.1 Å². The minimum absolute atomic E-state index is 0.219. The summed E-state index contributed by atoms with van der Waals surface area (Å²) >= 11 is 1.58. The summed E-state index contributed by atoms with van der Waals surface area (Å²) in [4.78, 5) is 28.1. The Labute approximate surface area is 160 Å². The zero-order valence-electron chi connectivity index (χ0n) is 14.7. The molecule has 0 aliphatic heterocycles. The third kappa shape index (κ3) is 5.42. The molecule has 2 N–H and O–H groups in total. The number of carbonyl (C=O) groups excluding carboxylic acids is 2. The maximum atomic E-state index is 12.1. The van der Waals surface area contributed by atoms with Crippen LogP contribution >= 0.6 is 11.3 Å². The van der Waals surface area contributed by atoms with Gasteiger partial charge in [0.05, 0.1) is 17.0 Å². The number of carbonyl (C=O) groups is 2. The highest BCUT2D eigenvalue weighted by Gasteiger charge is 2.09. The average Bonchev–Trinajstić information content (AvgIpc) is 3.35. The van der Waals surface area contributed by atoms with E-state index >= 15 is 0 Å². The van der Waals surface area contributed by atoms with E-state index < -0.39 is 0 Å². The van der Waals surface area contributed by atoms with Crippen molar-refractivity contribution in [1.29, 1.82) is 0 Å². The predicted molar refractivity (Wildman–Crippen MR) is 101 cm³/mol. The van der Waals surface area contributed by atoms with Gasteiger partial charge in [0.15, 0.2) is 5.76 Å². The van der Waals surface area contributed by atoms with E-state index in [1.54, 1.807) is 47.7 Å². The summed E-state index contributed by atoms with van der Waals surface area (Å²) in [6.07, 6.45) is 1.43. The van der Waals surface area contributed by atoms with E-state index in [-0.39, 0.29) is 17.6 Å². The standard InChI is InChI=1S/C19H19N3O4S/c1-13-22-15(12-27-13)11-26-16-6-4-14(5-7-16)18(23)20-8-9-21-19(24)17-3-2-10-25-17/h2-7,10,12H,8-9,11H2,1H3,(H,20,23)(H,21,24). The molecule has 0 aliphatic rings. The number of hydrogen-bond acceptors (Lipinski definition) is 6. The zero-order chi connectivity index (χ0) is 19.1. The van der Waals surface area contributed by atoms with Gasteiger partial charge in [-0.1, -0.05) is 0 Å². The molecule has 1 aromatic carbocycles. The fourth-order valence-corrected chi connectivity index (χ4v) is 2.88. The molecule has 0 radical (unpaired) electrons. The fraction of sp³-hybridized carbons (Fsp3) is 0.211. The number of amides is 2. The lowest BCUT2D eigenvalue weighted by Gasteiger charge is -2.08. The van der Waals surface area contributed by atoms with E-state index in [4.69, 9.17) is 9.15 Å². The average molecular weight is 385 g/mol. The second-order valence-corrected chi connectivity index (χ2v) is 6.72. The summed E-state index contributed by atoms with van der Waals surface area (Å²) in [5.41, 5.74) is 1.40. The van der Waals surface area contributed by atoms with Crippen molar-refractivity contribution in [1.82, 2.24) is 15.6 Å². The molecule has 0 spiro atoms. The number of aryl methyl sites for hydroxylation is 1. The summed E-state index contributed by atoms with van der Waals surface area (Å²) in [6.45, 7) is 2.96. The first-order valence-electron chi connectivity index (χ1n) is 8.35. The van der Waals surface area contributed by atoms with Gasteiger partial charge in [-0.05, 0) is 43.3 Å². The Hall–Kier alpha value is -3.13. The quantitative estimate of drug-likeness (QED) is 0.582. The van der Waals surface area contributed by atoms with Gasteiger partial charge in [-0.2, -0.15) is 0 Å². The molecule has 0 atom stereocenters. The first-order chi connectivity index (χ1) is 13.1. The molecule has 0 unspecified atom stereocenters. The number of rotatable bonds is 8. The minimum Gasteiger partial charge on any atom is -0.487 e. The number of thiazole rings is 1. The normalized spacial score (nSPS) is 10.4. The number of nitrogens with one attached hydrogen (secondary N) is 2. The van der Waals surface area contributed by atoms with Gasteiger partial charge in [0.2, 0.25) is 0 Å². The number of benzene rings is 1. The molecule has 7 nitrogen and oxygen atoms in total. The lowest BCUT2D eigenvalue weighted by atomic mass is 10.2. The van der Waals surface area contributed by atoms with Crippen LogP contribution in [0.1, 0.15) is 31.6 Å².